The lowest BCUT2D eigenvalue weighted by Crippen LogP contribution is -2.33. The Kier molecular flexibility index (Phi) is 10.2. The Morgan fingerprint density at radius 1 is 1.24 bits per heavy atom. The number of aromatic nitrogens is 1. The number of allylic oxidation sites excluding steroid dienone is 3. The fourth-order valence-corrected chi connectivity index (χ4v) is 5.85. The number of carbonyl (C=O) groups excluding carboxylic acids is 1. The van der Waals surface area contributed by atoms with Crippen LogP contribution in [0.5, 0.6) is 11.5 Å². The average molecular weight is 602 g/mol. The normalized spacial score (nSPS) is 20.9. The SMILES string of the molecule is CCOC(=O)C(C)(C)SC(N)=NN=NCCC1O[C@H](c2cccc(OC)c2OC)C2=C(C=CC(Cl)C2)n2cccc21. The number of hydrogen-bond donors (Lipinski definition) is 1. The maximum absolute atomic E-state index is 12.1. The topological polar surface area (TPSA) is 122 Å². The molecule has 2 heterocycles. The van der Waals surface area contributed by atoms with Crippen molar-refractivity contribution in [2.24, 2.45) is 21.2 Å². The van der Waals surface area contributed by atoms with E-state index in [1.165, 1.54) is 0 Å². The van der Waals surface area contributed by atoms with E-state index in [9.17, 15) is 4.79 Å². The Morgan fingerprint density at radius 2 is 2.05 bits per heavy atom. The van der Waals surface area contributed by atoms with E-state index in [-0.39, 0.29) is 22.6 Å². The summed E-state index contributed by atoms with van der Waals surface area (Å²) in [6.45, 7) is 5.82. The summed E-state index contributed by atoms with van der Waals surface area (Å²) in [6, 6.07) is 9.82. The number of amidine groups is 1. The minimum absolute atomic E-state index is 0.121. The highest BCUT2D eigenvalue weighted by atomic mass is 35.5. The van der Waals surface area contributed by atoms with E-state index >= 15 is 0 Å². The van der Waals surface area contributed by atoms with E-state index in [0.29, 0.717) is 37.5 Å². The minimum Gasteiger partial charge on any atom is -0.493 e. The molecule has 1 aromatic carbocycles. The number of hydrogen-bond acceptors (Lipinski definition) is 8. The Labute approximate surface area is 249 Å². The van der Waals surface area contributed by atoms with Gasteiger partial charge in [-0.05, 0) is 62.3 Å². The molecule has 1 aliphatic heterocycles. The van der Waals surface area contributed by atoms with Crippen molar-refractivity contribution in [3.05, 3.63) is 65.5 Å². The highest BCUT2D eigenvalue weighted by molar-refractivity contribution is 8.15. The Bertz CT molecular complexity index is 1370. The van der Waals surface area contributed by atoms with Crippen molar-refractivity contribution in [1.29, 1.82) is 0 Å². The van der Waals surface area contributed by atoms with Crippen LogP contribution < -0.4 is 15.2 Å². The molecule has 2 aliphatic rings. The van der Waals surface area contributed by atoms with Crippen LogP contribution in [0.4, 0.5) is 0 Å². The van der Waals surface area contributed by atoms with Gasteiger partial charge in [-0.15, -0.1) is 16.7 Å². The van der Waals surface area contributed by atoms with Gasteiger partial charge >= 0.3 is 5.97 Å². The molecule has 2 aromatic rings. The summed E-state index contributed by atoms with van der Waals surface area (Å²) in [5.41, 5.74) is 9.91. The number of carbonyl (C=O) groups is 1. The molecule has 41 heavy (non-hydrogen) atoms. The van der Waals surface area contributed by atoms with Gasteiger partial charge in [-0.25, -0.2) is 0 Å². The van der Waals surface area contributed by atoms with Crippen molar-refractivity contribution >= 4 is 40.2 Å². The third-order valence-corrected chi connectivity index (χ3v) is 8.00. The van der Waals surface area contributed by atoms with Gasteiger partial charge in [0.05, 0.1) is 38.4 Å². The van der Waals surface area contributed by atoms with Crippen LogP contribution in [0.3, 0.4) is 0 Å². The van der Waals surface area contributed by atoms with Crippen molar-refractivity contribution in [2.75, 3.05) is 27.4 Å². The summed E-state index contributed by atoms with van der Waals surface area (Å²) in [7, 11) is 3.24. The third kappa shape index (κ3) is 6.97. The van der Waals surface area contributed by atoms with E-state index in [1.54, 1.807) is 35.0 Å². The molecule has 0 fully saturated rings. The first-order valence-corrected chi connectivity index (χ1v) is 14.6. The lowest BCUT2D eigenvalue weighted by atomic mass is 9.91. The highest BCUT2D eigenvalue weighted by Crippen LogP contribution is 2.48. The number of benzene rings is 1. The van der Waals surface area contributed by atoms with E-state index in [1.807, 2.05) is 42.6 Å². The largest absolute Gasteiger partial charge is 0.493 e. The second-order valence-corrected chi connectivity index (χ2v) is 12.1. The molecule has 10 nitrogen and oxygen atoms in total. The Hall–Kier alpha value is -3.28. The van der Waals surface area contributed by atoms with Crippen molar-refractivity contribution < 1.29 is 23.7 Å². The van der Waals surface area contributed by atoms with Crippen LogP contribution >= 0.6 is 23.4 Å². The molecule has 3 atom stereocenters. The van der Waals surface area contributed by atoms with Crippen LogP contribution in [0, 0.1) is 0 Å². The Morgan fingerprint density at radius 3 is 2.78 bits per heavy atom. The first-order valence-electron chi connectivity index (χ1n) is 13.4. The number of fused-ring (bicyclic) bond motifs is 2. The standard InChI is InChI=1S/C29H36ClN5O5S/c1-6-39-27(36)29(2,3)41-28(31)33-34-32-15-14-23-22-10-8-16-35(22)21-13-12-18(30)17-20(21)25(40-23)19-9-7-11-24(37-4)26(19)38-5/h7-13,16,18,23,25H,6,14-15,17H2,1-5H3,(H2,31,32,33)/t18?,23?,25-/m1/s1. The Balaban J connectivity index is 1.57. The quantitative estimate of drug-likeness (QED) is 0.0853. The summed E-state index contributed by atoms with van der Waals surface area (Å²) >= 11 is 7.68. The number of rotatable bonds is 10. The lowest BCUT2D eigenvalue weighted by molar-refractivity contribution is -0.145. The van der Waals surface area contributed by atoms with Crippen LogP contribution in [-0.4, -0.2) is 53.2 Å². The smallest absolute Gasteiger partial charge is 0.322 e. The summed E-state index contributed by atoms with van der Waals surface area (Å²) in [4.78, 5) is 12.1. The van der Waals surface area contributed by atoms with E-state index in [4.69, 9.17) is 36.3 Å². The molecule has 0 amide bonds. The van der Waals surface area contributed by atoms with Gasteiger partial charge in [0.1, 0.15) is 17.0 Å². The first kappa shape index (κ1) is 30.7. The zero-order chi connectivity index (χ0) is 29.6. The monoisotopic (exact) mass is 601 g/mol. The maximum atomic E-state index is 12.1. The first-order chi connectivity index (χ1) is 19.7. The van der Waals surface area contributed by atoms with Crippen molar-refractivity contribution in [3.63, 3.8) is 0 Å². The fraction of sp³-hybridized carbons (Fsp3) is 0.448. The van der Waals surface area contributed by atoms with Gasteiger partial charge in [-0.2, -0.15) is 5.11 Å². The van der Waals surface area contributed by atoms with E-state index < -0.39 is 10.9 Å². The zero-order valence-electron chi connectivity index (χ0n) is 23.9. The summed E-state index contributed by atoms with van der Waals surface area (Å²) in [5, 5.41) is 12.0. The molecule has 0 bridgehead atoms. The van der Waals surface area contributed by atoms with Gasteiger partial charge in [-0.1, -0.05) is 30.0 Å². The zero-order valence-corrected chi connectivity index (χ0v) is 25.4. The molecule has 1 aromatic heterocycles. The highest BCUT2D eigenvalue weighted by Gasteiger charge is 2.35. The average Bonchev–Trinajstić information content (AvgIpc) is 3.39. The molecular weight excluding hydrogens is 566 g/mol. The van der Waals surface area contributed by atoms with Gasteiger partial charge in [0.2, 0.25) is 0 Å². The van der Waals surface area contributed by atoms with Crippen molar-refractivity contribution in [3.8, 4) is 11.5 Å². The molecule has 2 N–H and O–H groups in total. The predicted molar refractivity (Wildman–Crippen MR) is 161 cm³/mol. The number of nitrogens with zero attached hydrogens (tertiary/aromatic N) is 4. The van der Waals surface area contributed by atoms with E-state index in [2.05, 4.69) is 26.1 Å². The molecular formula is C29H36ClN5O5S. The summed E-state index contributed by atoms with van der Waals surface area (Å²) < 4.78 is 24.6. The summed E-state index contributed by atoms with van der Waals surface area (Å²) in [6.07, 6.45) is 6.48. The van der Waals surface area contributed by atoms with Gasteiger partial charge < -0.3 is 29.2 Å². The van der Waals surface area contributed by atoms with Crippen LogP contribution in [0.25, 0.3) is 5.70 Å². The predicted octanol–water partition coefficient (Wildman–Crippen LogP) is 6.24. The van der Waals surface area contributed by atoms with Crippen LogP contribution in [0.15, 0.2) is 69.7 Å². The third-order valence-electron chi connectivity index (χ3n) is 6.73. The number of para-hydroxylation sites is 1. The number of esters is 1. The molecule has 220 valence electrons. The minimum atomic E-state index is -0.891. The maximum Gasteiger partial charge on any atom is 0.322 e. The van der Waals surface area contributed by atoms with Gasteiger partial charge in [0.15, 0.2) is 16.7 Å². The van der Waals surface area contributed by atoms with Gasteiger partial charge in [0.25, 0.3) is 0 Å². The number of methoxy groups -OCH3 is 2. The van der Waals surface area contributed by atoms with Crippen LogP contribution in [0.1, 0.15) is 57.1 Å². The van der Waals surface area contributed by atoms with Crippen molar-refractivity contribution in [1.82, 2.24) is 4.57 Å². The molecule has 0 spiro atoms. The molecule has 12 heteroatoms. The molecule has 0 saturated heterocycles. The number of nitrogens with two attached hydrogens (primary N) is 1. The number of alkyl halides is 1. The molecule has 1 aliphatic carbocycles. The van der Waals surface area contributed by atoms with Gasteiger partial charge in [0, 0.05) is 23.9 Å². The molecule has 2 unspecified atom stereocenters. The van der Waals surface area contributed by atoms with Crippen LogP contribution in [0.2, 0.25) is 0 Å². The second-order valence-electron chi connectivity index (χ2n) is 9.89. The summed E-state index contributed by atoms with van der Waals surface area (Å²) in [5.74, 6) is 0.867. The lowest BCUT2D eigenvalue weighted by Gasteiger charge is -2.28. The van der Waals surface area contributed by atoms with Crippen LogP contribution in [-0.2, 0) is 14.3 Å². The number of thioether (sulfide) groups is 1. The van der Waals surface area contributed by atoms with Crippen molar-refractivity contribution in [2.45, 2.75) is 55.9 Å². The second kappa shape index (κ2) is 13.6. The van der Waals surface area contributed by atoms with E-state index in [0.717, 1.165) is 34.3 Å². The molecule has 0 radical (unpaired) electrons. The molecule has 0 saturated carbocycles. The number of halogens is 1. The molecule has 4 rings (SSSR count). The van der Waals surface area contributed by atoms with Gasteiger partial charge in [-0.3, -0.25) is 4.79 Å². The number of ether oxygens (including phenoxy) is 4. The fourth-order valence-electron chi connectivity index (χ4n) is 4.87.